The molecule has 1 aromatic rings. The molecule has 4 heteroatoms. The van der Waals surface area contributed by atoms with Crippen molar-refractivity contribution in [3.8, 4) is 5.75 Å². The molecule has 1 heterocycles. The standard InChI is InChI=1S/C12H15NO3/c1-2-7-15-10-5-3-9(4-6-10)11-8-13-12(14)16-11/h3-6,11H,2,7-8H2,1H3,(H,13,14). The highest BCUT2D eigenvalue weighted by Crippen LogP contribution is 2.23. The fourth-order valence-electron chi connectivity index (χ4n) is 1.57. The Kier molecular flexibility index (Phi) is 3.29. The number of nitrogens with one attached hydrogen (secondary N) is 1. The van der Waals surface area contributed by atoms with Crippen molar-refractivity contribution >= 4 is 6.09 Å². The Balaban J connectivity index is 1.99. The normalized spacial score (nSPS) is 19.1. The van der Waals surface area contributed by atoms with Crippen molar-refractivity contribution in [3.05, 3.63) is 29.8 Å². The van der Waals surface area contributed by atoms with Crippen molar-refractivity contribution < 1.29 is 14.3 Å². The van der Waals surface area contributed by atoms with E-state index in [2.05, 4.69) is 12.2 Å². The molecule has 0 aromatic heterocycles. The lowest BCUT2D eigenvalue weighted by Gasteiger charge is -2.09. The molecule has 1 aliphatic heterocycles. The number of hydrogen-bond acceptors (Lipinski definition) is 3. The van der Waals surface area contributed by atoms with E-state index in [0.717, 1.165) is 24.3 Å². The van der Waals surface area contributed by atoms with Crippen molar-refractivity contribution in [2.45, 2.75) is 19.4 Å². The fraction of sp³-hybridized carbons (Fsp3) is 0.417. The maximum absolute atomic E-state index is 10.9. The van der Waals surface area contributed by atoms with E-state index >= 15 is 0 Å². The second kappa shape index (κ2) is 4.88. The average molecular weight is 221 g/mol. The Labute approximate surface area is 94.6 Å². The van der Waals surface area contributed by atoms with Gasteiger partial charge >= 0.3 is 6.09 Å². The predicted molar refractivity (Wildman–Crippen MR) is 59.5 cm³/mol. The van der Waals surface area contributed by atoms with Crippen molar-refractivity contribution in [1.82, 2.24) is 5.32 Å². The van der Waals surface area contributed by atoms with Gasteiger partial charge in [0.05, 0.1) is 13.2 Å². The minimum Gasteiger partial charge on any atom is -0.494 e. The predicted octanol–water partition coefficient (Wildman–Crippen LogP) is 2.26. The highest BCUT2D eigenvalue weighted by Gasteiger charge is 2.23. The summed E-state index contributed by atoms with van der Waals surface area (Å²) >= 11 is 0. The molecule has 0 bridgehead atoms. The summed E-state index contributed by atoms with van der Waals surface area (Å²) in [5, 5.41) is 2.62. The number of cyclic esters (lactones) is 1. The van der Waals surface area contributed by atoms with Crippen LogP contribution in [0.2, 0.25) is 0 Å². The van der Waals surface area contributed by atoms with Crippen molar-refractivity contribution in [2.24, 2.45) is 0 Å². The Hall–Kier alpha value is -1.71. The van der Waals surface area contributed by atoms with Gasteiger partial charge in [-0.25, -0.2) is 4.79 Å². The number of rotatable bonds is 4. The van der Waals surface area contributed by atoms with Crippen LogP contribution in [0, 0.1) is 0 Å². The van der Waals surface area contributed by atoms with Crippen LogP contribution >= 0.6 is 0 Å². The van der Waals surface area contributed by atoms with E-state index in [1.807, 2.05) is 24.3 Å². The van der Waals surface area contributed by atoms with Gasteiger partial charge in [0.15, 0.2) is 0 Å². The number of benzene rings is 1. The third-order valence-corrected chi connectivity index (χ3v) is 2.41. The first kappa shape index (κ1) is 10.8. The second-order valence-corrected chi connectivity index (χ2v) is 3.69. The van der Waals surface area contributed by atoms with Crippen molar-refractivity contribution in [2.75, 3.05) is 13.2 Å². The molecule has 1 aliphatic rings. The number of carbonyl (C=O) groups is 1. The molecule has 1 saturated heterocycles. The zero-order chi connectivity index (χ0) is 11.4. The minimum atomic E-state index is -0.351. The summed E-state index contributed by atoms with van der Waals surface area (Å²) in [6, 6.07) is 7.65. The first-order valence-electron chi connectivity index (χ1n) is 5.47. The summed E-state index contributed by atoms with van der Waals surface area (Å²) in [4.78, 5) is 10.9. The van der Waals surface area contributed by atoms with Crippen LogP contribution in [0.3, 0.4) is 0 Å². The molecule has 1 atom stereocenters. The van der Waals surface area contributed by atoms with Crippen LogP contribution in [0.25, 0.3) is 0 Å². The maximum atomic E-state index is 10.9. The van der Waals surface area contributed by atoms with Crippen LogP contribution in [-0.4, -0.2) is 19.2 Å². The van der Waals surface area contributed by atoms with Crippen LogP contribution in [0.5, 0.6) is 5.75 Å². The molecule has 1 fully saturated rings. The molecular formula is C12H15NO3. The number of carbonyl (C=O) groups excluding carboxylic acids is 1. The molecule has 1 unspecified atom stereocenters. The van der Waals surface area contributed by atoms with E-state index in [1.165, 1.54) is 0 Å². The number of amides is 1. The fourth-order valence-corrected chi connectivity index (χ4v) is 1.57. The lowest BCUT2D eigenvalue weighted by Crippen LogP contribution is -2.12. The van der Waals surface area contributed by atoms with Gasteiger partial charge in [-0.1, -0.05) is 19.1 Å². The third-order valence-electron chi connectivity index (χ3n) is 2.41. The van der Waals surface area contributed by atoms with E-state index in [4.69, 9.17) is 9.47 Å². The quantitative estimate of drug-likeness (QED) is 0.848. The number of alkyl carbamates (subject to hydrolysis) is 1. The molecule has 1 N–H and O–H groups in total. The molecule has 2 rings (SSSR count). The Morgan fingerprint density at radius 2 is 2.19 bits per heavy atom. The molecule has 0 aliphatic carbocycles. The van der Waals surface area contributed by atoms with Gasteiger partial charge in [0.1, 0.15) is 11.9 Å². The van der Waals surface area contributed by atoms with Crippen LogP contribution in [0.4, 0.5) is 4.79 Å². The maximum Gasteiger partial charge on any atom is 0.407 e. The van der Waals surface area contributed by atoms with E-state index in [-0.39, 0.29) is 12.2 Å². The van der Waals surface area contributed by atoms with Gasteiger partial charge in [-0.3, -0.25) is 0 Å². The zero-order valence-corrected chi connectivity index (χ0v) is 9.23. The molecule has 4 nitrogen and oxygen atoms in total. The van der Waals surface area contributed by atoms with Crippen LogP contribution in [0.15, 0.2) is 24.3 Å². The van der Waals surface area contributed by atoms with Gasteiger partial charge in [0, 0.05) is 0 Å². The molecule has 0 saturated carbocycles. The van der Waals surface area contributed by atoms with Crippen molar-refractivity contribution in [1.29, 1.82) is 0 Å². The van der Waals surface area contributed by atoms with Gasteiger partial charge in [-0.05, 0) is 24.1 Å². The summed E-state index contributed by atoms with van der Waals surface area (Å²) in [6.45, 7) is 3.32. The molecule has 86 valence electrons. The van der Waals surface area contributed by atoms with E-state index in [9.17, 15) is 4.79 Å². The van der Waals surface area contributed by atoms with Gasteiger partial charge < -0.3 is 14.8 Å². The summed E-state index contributed by atoms with van der Waals surface area (Å²) in [5.74, 6) is 0.850. The summed E-state index contributed by atoms with van der Waals surface area (Å²) in [6.07, 6.45) is 0.468. The largest absolute Gasteiger partial charge is 0.494 e. The number of hydrogen-bond donors (Lipinski definition) is 1. The summed E-state index contributed by atoms with van der Waals surface area (Å²) < 4.78 is 10.5. The van der Waals surface area contributed by atoms with Gasteiger partial charge in [0.2, 0.25) is 0 Å². The first-order valence-corrected chi connectivity index (χ1v) is 5.47. The lowest BCUT2D eigenvalue weighted by atomic mass is 10.1. The smallest absolute Gasteiger partial charge is 0.407 e. The van der Waals surface area contributed by atoms with E-state index < -0.39 is 0 Å². The second-order valence-electron chi connectivity index (χ2n) is 3.69. The lowest BCUT2D eigenvalue weighted by molar-refractivity contribution is 0.141. The van der Waals surface area contributed by atoms with Crippen LogP contribution in [0.1, 0.15) is 25.0 Å². The molecule has 16 heavy (non-hydrogen) atoms. The van der Waals surface area contributed by atoms with E-state index in [1.54, 1.807) is 0 Å². The van der Waals surface area contributed by atoms with Gasteiger partial charge in [-0.15, -0.1) is 0 Å². The SMILES string of the molecule is CCCOc1ccc(C2CNC(=O)O2)cc1. The van der Waals surface area contributed by atoms with E-state index in [0.29, 0.717) is 6.54 Å². The molecular weight excluding hydrogens is 206 g/mol. The third kappa shape index (κ3) is 2.45. The highest BCUT2D eigenvalue weighted by molar-refractivity contribution is 5.69. The highest BCUT2D eigenvalue weighted by atomic mass is 16.6. The monoisotopic (exact) mass is 221 g/mol. The van der Waals surface area contributed by atoms with Gasteiger partial charge in [0.25, 0.3) is 0 Å². The summed E-state index contributed by atoms with van der Waals surface area (Å²) in [5.41, 5.74) is 0.988. The summed E-state index contributed by atoms with van der Waals surface area (Å²) in [7, 11) is 0. The van der Waals surface area contributed by atoms with Gasteiger partial charge in [-0.2, -0.15) is 0 Å². The Morgan fingerprint density at radius 1 is 1.44 bits per heavy atom. The van der Waals surface area contributed by atoms with Crippen molar-refractivity contribution in [3.63, 3.8) is 0 Å². The number of ether oxygens (including phenoxy) is 2. The molecule has 0 radical (unpaired) electrons. The molecule has 1 aromatic carbocycles. The molecule has 0 spiro atoms. The Morgan fingerprint density at radius 3 is 2.75 bits per heavy atom. The topological polar surface area (TPSA) is 47.6 Å². The average Bonchev–Trinajstić information content (AvgIpc) is 2.74. The first-order chi connectivity index (χ1) is 7.79. The molecule has 1 amide bonds. The zero-order valence-electron chi connectivity index (χ0n) is 9.23. The Bertz CT molecular complexity index is 361. The van der Waals surface area contributed by atoms with Crippen LogP contribution < -0.4 is 10.1 Å². The van der Waals surface area contributed by atoms with Crippen LogP contribution in [-0.2, 0) is 4.74 Å². The minimum absolute atomic E-state index is 0.173.